The number of hydrogen-bond acceptors (Lipinski definition) is 2. The lowest BCUT2D eigenvalue weighted by molar-refractivity contribution is 1.61. The lowest BCUT2D eigenvalue weighted by Gasteiger charge is -1.95. The molecule has 0 bridgehead atoms. The monoisotopic (exact) mass is 151 g/mol. The van der Waals surface area contributed by atoms with Gasteiger partial charge in [-0.25, -0.2) is 4.40 Å². The topological polar surface area (TPSA) is 12.4 Å². The van der Waals surface area contributed by atoms with E-state index in [0.29, 0.717) is 0 Å². The Bertz CT molecular complexity index is 228. The van der Waals surface area contributed by atoms with Crippen molar-refractivity contribution in [1.82, 2.24) is 0 Å². The Labute approximate surface area is 66.3 Å². The lowest BCUT2D eigenvalue weighted by atomic mass is 10.1. The molecule has 52 valence electrons. The van der Waals surface area contributed by atoms with E-state index >= 15 is 0 Å². The molecule has 1 nitrogen and oxygen atoms in total. The molecule has 10 heavy (non-hydrogen) atoms. The summed E-state index contributed by atoms with van der Waals surface area (Å²) in [5, 5.41) is 0. The van der Waals surface area contributed by atoms with Crippen molar-refractivity contribution in [3.63, 3.8) is 0 Å². The summed E-state index contributed by atoms with van der Waals surface area (Å²) in [6.07, 6.45) is 0. The first kappa shape index (κ1) is 7.35. The Morgan fingerprint density at radius 1 is 1.30 bits per heavy atom. The van der Waals surface area contributed by atoms with Crippen LogP contribution >= 0.6 is 12.8 Å². The van der Waals surface area contributed by atoms with E-state index in [-0.39, 0.29) is 0 Å². The fourth-order valence-corrected chi connectivity index (χ4v) is 0.853. The molecule has 0 aliphatic rings. The van der Waals surface area contributed by atoms with Crippen molar-refractivity contribution in [2.24, 2.45) is 4.40 Å². The summed E-state index contributed by atoms with van der Waals surface area (Å²) in [4.78, 5) is 0. The van der Waals surface area contributed by atoms with Crippen LogP contribution in [0.3, 0.4) is 0 Å². The maximum absolute atomic E-state index is 3.81. The molecule has 0 aliphatic carbocycles. The lowest BCUT2D eigenvalue weighted by Crippen LogP contribution is -1.90. The highest BCUT2D eigenvalue weighted by molar-refractivity contribution is 7.79. The molecule has 0 N–H and O–H groups in total. The average Bonchev–Trinajstić information content (AvgIpc) is 2.05. The van der Waals surface area contributed by atoms with Gasteiger partial charge in [-0.15, -0.1) is 0 Å². The minimum atomic E-state index is 0.948. The highest BCUT2D eigenvalue weighted by Crippen LogP contribution is 2.00. The van der Waals surface area contributed by atoms with Crippen LogP contribution in [0.4, 0.5) is 0 Å². The quantitative estimate of drug-likeness (QED) is 0.467. The first-order valence-corrected chi connectivity index (χ1v) is 3.48. The number of nitrogens with zero attached hydrogens (tertiary/aromatic N) is 1. The molecule has 0 spiro atoms. The molecule has 1 aromatic rings. The van der Waals surface area contributed by atoms with Crippen LogP contribution in [0.1, 0.15) is 12.5 Å². The zero-order valence-electron chi connectivity index (χ0n) is 5.78. The molecule has 0 atom stereocenters. The van der Waals surface area contributed by atoms with Gasteiger partial charge in [-0.2, -0.15) is 0 Å². The maximum Gasteiger partial charge on any atom is 0.0525 e. The zero-order chi connectivity index (χ0) is 7.40. The number of rotatable bonds is 1. The Morgan fingerprint density at radius 2 is 1.90 bits per heavy atom. The molecule has 0 aromatic heterocycles. The summed E-state index contributed by atoms with van der Waals surface area (Å²) in [5.41, 5.74) is 2.07. The van der Waals surface area contributed by atoms with Crippen molar-refractivity contribution in [2.45, 2.75) is 6.92 Å². The van der Waals surface area contributed by atoms with Gasteiger partial charge in [-0.3, -0.25) is 0 Å². The molecule has 2 heteroatoms. The normalized spacial score (nSPS) is 11.6. The largest absolute Gasteiger partial charge is 0.224 e. The molecule has 0 heterocycles. The second-order valence-electron chi connectivity index (χ2n) is 2.05. The number of thiol groups is 1. The molecule has 0 unspecified atom stereocenters. The third kappa shape index (κ3) is 1.61. The summed E-state index contributed by atoms with van der Waals surface area (Å²) >= 11 is 3.81. The van der Waals surface area contributed by atoms with E-state index < -0.39 is 0 Å². The summed E-state index contributed by atoms with van der Waals surface area (Å²) in [6.45, 7) is 1.93. The highest BCUT2D eigenvalue weighted by atomic mass is 32.1. The molecule has 0 aliphatic heterocycles. The molecular weight excluding hydrogens is 142 g/mol. The molecule has 0 amide bonds. The smallest absolute Gasteiger partial charge is 0.0525 e. The fraction of sp³-hybridized carbons (Fsp3) is 0.125. The van der Waals surface area contributed by atoms with Crippen molar-refractivity contribution in [1.29, 1.82) is 0 Å². The SMILES string of the molecule is C/C(=N/S)c1ccccc1. The van der Waals surface area contributed by atoms with E-state index in [1.54, 1.807) is 0 Å². The minimum absolute atomic E-state index is 0.948. The van der Waals surface area contributed by atoms with E-state index in [9.17, 15) is 0 Å². The molecule has 0 saturated heterocycles. The average molecular weight is 151 g/mol. The van der Waals surface area contributed by atoms with Crippen LogP contribution in [-0.4, -0.2) is 5.71 Å². The fourth-order valence-electron chi connectivity index (χ4n) is 0.737. The maximum atomic E-state index is 3.81. The number of hydrogen-bond donors (Lipinski definition) is 1. The van der Waals surface area contributed by atoms with Crippen molar-refractivity contribution in [2.75, 3.05) is 0 Å². The summed E-state index contributed by atoms with van der Waals surface area (Å²) in [7, 11) is 0. The summed E-state index contributed by atoms with van der Waals surface area (Å²) in [6, 6.07) is 9.97. The van der Waals surface area contributed by atoms with Crippen LogP contribution in [-0.2, 0) is 0 Å². The molecular formula is C8H9NS. The zero-order valence-corrected chi connectivity index (χ0v) is 6.68. The molecule has 1 rings (SSSR count). The first-order valence-electron chi connectivity index (χ1n) is 3.08. The third-order valence-electron chi connectivity index (χ3n) is 1.34. The van der Waals surface area contributed by atoms with Crippen LogP contribution in [0.25, 0.3) is 0 Å². The standard InChI is InChI=1S/C8H9NS/c1-7(9-10)8-5-3-2-4-6-8/h2-6,10H,1H3/b9-7-. The van der Waals surface area contributed by atoms with Crippen LogP contribution < -0.4 is 0 Å². The highest BCUT2D eigenvalue weighted by Gasteiger charge is 1.91. The minimum Gasteiger partial charge on any atom is -0.224 e. The van der Waals surface area contributed by atoms with E-state index in [1.165, 1.54) is 0 Å². The molecule has 0 radical (unpaired) electrons. The van der Waals surface area contributed by atoms with Gasteiger partial charge < -0.3 is 0 Å². The Balaban J connectivity index is 2.96. The van der Waals surface area contributed by atoms with Gasteiger partial charge in [0.2, 0.25) is 0 Å². The van der Waals surface area contributed by atoms with Gasteiger partial charge in [-0.05, 0) is 25.3 Å². The van der Waals surface area contributed by atoms with E-state index in [0.717, 1.165) is 11.3 Å². The van der Waals surface area contributed by atoms with Gasteiger partial charge in [0.05, 0.1) is 5.71 Å². The van der Waals surface area contributed by atoms with Gasteiger partial charge in [0.25, 0.3) is 0 Å². The van der Waals surface area contributed by atoms with Gasteiger partial charge in [0.1, 0.15) is 0 Å². The van der Waals surface area contributed by atoms with Crippen LogP contribution in [0.5, 0.6) is 0 Å². The second kappa shape index (κ2) is 3.42. The molecule has 0 saturated carbocycles. The Hall–Kier alpha value is -0.760. The third-order valence-corrected chi connectivity index (χ3v) is 1.64. The molecule has 1 aromatic carbocycles. The Kier molecular flexibility index (Phi) is 2.51. The van der Waals surface area contributed by atoms with Gasteiger partial charge in [0, 0.05) is 0 Å². The summed E-state index contributed by atoms with van der Waals surface area (Å²) < 4.78 is 3.77. The van der Waals surface area contributed by atoms with E-state index in [1.807, 2.05) is 37.3 Å². The van der Waals surface area contributed by atoms with E-state index in [4.69, 9.17) is 0 Å². The first-order chi connectivity index (χ1) is 4.84. The van der Waals surface area contributed by atoms with Crippen LogP contribution in [0.15, 0.2) is 34.7 Å². The van der Waals surface area contributed by atoms with Crippen molar-refractivity contribution in [3.05, 3.63) is 35.9 Å². The van der Waals surface area contributed by atoms with Gasteiger partial charge in [0.15, 0.2) is 0 Å². The van der Waals surface area contributed by atoms with Crippen LogP contribution in [0.2, 0.25) is 0 Å². The number of benzene rings is 1. The van der Waals surface area contributed by atoms with E-state index in [2.05, 4.69) is 17.2 Å². The van der Waals surface area contributed by atoms with Gasteiger partial charge in [-0.1, -0.05) is 30.3 Å². The molecule has 0 fully saturated rings. The van der Waals surface area contributed by atoms with Crippen LogP contribution in [0, 0.1) is 0 Å². The second-order valence-corrected chi connectivity index (χ2v) is 2.25. The van der Waals surface area contributed by atoms with Crippen molar-refractivity contribution in [3.8, 4) is 0 Å². The van der Waals surface area contributed by atoms with Crippen molar-refractivity contribution >= 4 is 18.5 Å². The predicted molar refractivity (Wildman–Crippen MR) is 47.6 cm³/mol. The summed E-state index contributed by atoms with van der Waals surface area (Å²) in [5.74, 6) is 0. The Morgan fingerprint density at radius 3 is 2.40 bits per heavy atom. The van der Waals surface area contributed by atoms with Gasteiger partial charge >= 0.3 is 0 Å². The predicted octanol–water partition coefficient (Wildman–Crippen LogP) is 2.34. The van der Waals surface area contributed by atoms with Crippen molar-refractivity contribution < 1.29 is 0 Å².